The van der Waals surface area contributed by atoms with Gasteiger partial charge in [0.15, 0.2) is 0 Å². The van der Waals surface area contributed by atoms with E-state index in [2.05, 4.69) is 0 Å². The minimum Gasteiger partial charge on any atom is -0.481 e. The van der Waals surface area contributed by atoms with Crippen molar-refractivity contribution in [1.29, 1.82) is 0 Å². The van der Waals surface area contributed by atoms with Crippen molar-refractivity contribution in [2.24, 2.45) is 5.92 Å². The molecule has 0 aromatic heterocycles. The molecule has 1 aliphatic rings. The van der Waals surface area contributed by atoms with Crippen LogP contribution < -0.4 is 0 Å². The molecule has 1 unspecified atom stereocenters. The molecule has 1 aliphatic heterocycles. The Balaban J connectivity index is 2.67. The summed E-state index contributed by atoms with van der Waals surface area (Å²) >= 11 is 5.80. The molecule has 0 bridgehead atoms. The highest BCUT2D eigenvalue weighted by atomic mass is 35.5. The van der Waals surface area contributed by atoms with Crippen LogP contribution in [0.3, 0.4) is 0 Å². The molecule has 0 radical (unpaired) electrons. The van der Waals surface area contributed by atoms with Crippen LogP contribution in [0.1, 0.15) is 12.5 Å². The van der Waals surface area contributed by atoms with Gasteiger partial charge >= 0.3 is 5.97 Å². The van der Waals surface area contributed by atoms with Gasteiger partial charge in [0.2, 0.25) is 9.84 Å². The molecule has 0 amide bonds. The molecule has 90 valence electrons. The molecule has 0 saturated carbocycles. The summed E-state index contributed by atoms with van der Waals surface area (Å²) in [6, 6.07) is 4.35. The zero-order valence-electron chi connectivity index (χ0n) is 8.84. The number of benzene rings is 1. The molecule has 0 saturated heterocycles. The number of hydrogen-bond acceptors (Lipinski definition) is 3. The predicted octanol–water partition coefficient (Wildman–Crippen LogP) is 2.19. The van der Waals surface area contributed by atoms with Crippen LogP contribution in [-0.2, 0) is 14.6 Å². The van der Waals surface area contributed by atoms with E-state index >= 15 is 0 Å². The van der Waals surface area contributed by atoms with Crippen molar-refractivity contribution in [2.75, 3.05) is 0 Å². The van der Waals surface area contributed by atoms with Gasteiger partial charge in [-0.2, -0.15) is 0 Å². The molecule has 0 aliphatic carbocycles. The minimum absolute atomic E-state index is 0.116. The third-order valence-electron chi connectivity index (χ3n) is 2.68. The van der Waals surface area contributed by atoms with Gasteiger partial charge in [0.05, 0.1) is 10.8 Å². The summed E-state index contributed by atoms with van der Waals surface area (Å²) in [4.78, 5) is 11.0. The monoisotopic (exact) mass is 272 g/mol. The van der Waals surface area contributed by atoms with E-state index in [-0.39, 0.29) is 10.5 Å². The molecule has 1 N–H and O–H groups in total. The van der Waals surface area contributed by atoms with Crippen molar-refractivity contribution in [3.8, 4) is 0 Å². The second-order valence-electron chi connectivity index (χ2n) is 3.82. The lowest BCUT2D eigenvalue weighted by Crippen LogP contribution is -2.10. The largest absolute Gasteiger partial charge is 0.481 e. The fourth-order valence-corrected chi connectivity index (χ4v) is 3.44. The summed E-state index contributed by atoms with van der Waals surface area (Å²) in [7, 11) is -3.53. The highest BCUT2D eigenvalue weighted by Gasteiger charge is 2.32. The molecule has 17 heavy (non-hydrogen) atoms. The lowest BCUT2D eigenvalue weighted by molar-refractivity contribution is -0.139. The van der Waals surface area contributed by atoms with Gasteiger partial charge in [0, 0.05) is 10.4 Å². The molecule has 6 heteroatoms. The maximum atomic E-state index is 11.8. The van der Waals surface area contributed by atoms with E-state index in [0.29, 0.717) is 10.6 Å². The second kappa shape index (κ2) is 3.85. The molecule has 0 fully saturated rings. The molecule has 1 aromatic carbocycles. The number of fused-ring (bicyclic) bond motifs is 1. The first-order valence-electron chi connectivity index (χ1n) is 4.82. The Morgan fingerprint density at radius 3 is 2.65 bits per heavy atom. The molecular weight excluding hydrogens is 264 g/mol. The highest BCUT2D eigenvalue weighted by Crippen LogP contribution is 2.38. The number of hydrogen-bond donors (Lipinski definition) is 1. The normalized spacial score (nSPS) is 18.4. The summed E-state index contributed by atoms with van der Waals surface area (Å²) in [5, 5.41) is 10.3. The third-order valence-corrected chi connectivity index (χ3v) is 4.45. The van der Waals surface area contributed by atoms with Gasteiger partial charge in [-0.15, -0.1) is 0 Å². The number of carboxylic acid groups (broad SMARTS) is 1. The Bertz CT molecular complexity index is 631. The van der Waals surface area contributed by atoms with Gasteiger partial charge in [-0.05, 0) is 36.3 Å². The summed E-state index contributed by atoms with van der Waals surface area (Å²) in [6.45, 7) is 1.44. The van der Waals surface area contributed by atoms with E-state index in [4.69, 9.17) is 16.7 Å². The average molecular weight is 273 g/mol. The molecule has 2 rings (SSSR count). The Kier molecular flexibility index (Phi) is 2.75. The van der Waals surface area contributed by atoms with Crippen LogP contribution in [0.5, 0.6) is 0 Å². The fraction of sp³-hybridized carbons (Fsp3) is 0.182. The Hall–Kier alpha value is -1.33. The standard InChI is InChI=1S/C11H9ClO4S/c1-6(11(13)14)9-5-17(15,16)10-3-2-7(12)4-8(9)10/h2-6H,1H3,(H,13,14). The Morgan fingerprint density at radius 2 is 2.06 bits per heavy atom. The summed E-state index contributed by atoms with van der Waals surface area (Å²) in [6.07, 6.45) is 0. The van der Waals surface area contributed by atoms with Gasteiger partial charge in [-0.1, -0.05) is 11.6 Å². The number of carbonyl (C=O) groups is 1. The molecule has 0 spiro atoms. The molecule has 1 heterocycles. The smallest absolute Gasteiger partial charge is 0.310 e. The van der Waals surface area contributed by atoms with Crippen molar-refractivity contribution in [2.45, 2.75) is 11.8 Å². The Morgan fingerprint density at radius 1 is 1.41 bits per heavy atom. The molecule has 4 nitrogen and oxygen atoms in total. The number of carboxylic acids is 1. The summed E-state index contributed by atoms with van der Waals surface area (Å²) in [5.74, 6) is -1.95. The average Bonchev–Trinajstić information content (AvgIpc) is 2.49. The van der Waals surface area contributed by atoms with Crippen molar-refractivity contribution >= 4 is 33.0 Å². The Labute approximate surface area is 103 Å². The predicted molar refractivity (Wildman–Crippen MR) is 63.4 cm³/mol. The topological polar surface area (TPSA) is 71.4 Å². The number of aliphatic carboxylic acids is 1. The van der Waals surface area contributed by atoms with Gasteiger partial charge in [0.1, 0.15) is 0 Å². The highest BCUT2D eigenvalue weighted by molar-refractivity contribution is 7.95. The van der Waals surface area contributed by atoms with Crippen LogP contribution in [0.25, 0.3) is 5.57 Å². The minimum atomic E-state index is -3.53. The third kappa shape index (κ3) is 1.96. The zero-order valence-corrected chi connectivity index (χ0v) is 10.4. The number of rotatable bonds is 2. The van der Waals surface area contributed by atoms with Crippen molar-refractivity contribution in [1.82, 2.24) is 0 Å². The lowest BCUT2D eigenvalue weighted by atomic mass is 9.96. The first-order chi connectivity index (χ1) is 7.83. The van der Waals surface area contributed by atoms with Crippen LogP contribution in [0.4, 0.5) is 0 Å². The van der Waals surface area contributed by atoms with E-state index in [1.807, 2.05) is 0 Å². The van der Waals surface area contributed by atoms with Crippen molar-refractivity contribution in [3.05, 3.63) is 34.2 Å². The van der Waals surface area contributed by atoms with Crippen LogP contribution in [0, 0.1) is 5.92 Å². The molecular formula is C11H9ClO4S. The molecule has 1 atom stereocenters. The van der Waals surface area contributed by atoms with Crippen molar-refractivity contribution < 1.29 is 18.3 Å². The van der Waals surface area contributed by atoms with Crippen LogP contribution in [0.15, 0.2) is 28.5 Å². The quantitative estimate of drug-likeness (QED) is 0.896. The van der Waals surface area contributed by atoms with E-state index in [0.717, 1.165) is 5.41 Å². The SMILES string of the molecule is CC(C(=O)O)C1=CS(=O)(=O)c2ccc(Cl)cc21. The van der Waals surface area contributed by atoms with E-state index in [1.165, 1.54) is 25.1 Å². The first kappa shape index (κ1) is 12.1. The maximum absolute atomic E-state index is 11.8. The van der Waals surface area contributed by atoms with Crippen LogP contribution in [0.2, 0.25) is 5.02 Å². The van der Waals surface area contributed by atoms with Gasteiger partial charge < -0.3 is 5.11 Å². The first-order valence-corrected chi connectivity index (χ1v) is 6.75. The number of sulfone groups is 1. The van der Waals surface area contributed by atoms with Gasteiger partial charge in [-0.25, -0.2) is 8.42 Å². The van der Waals surface area contributed by atoms with E-state index < -0.39 is 21.7 Å². The van der Waals surface area contributed by atoms with Crippen molar-refractivity contribution in [3.63, 3.8) is 0 Å². The van der Waals surface area contributed by atoms with Crippen LogP contribution in [-0.4, -0.2) is 19.5 Å². The molecule has 1 aromatic rings. The van der Waals surface area contributed by atoms with E-state index in [1.54, 1.807) is 0 Å². The summed E-state index contributed by atoms with van der Waals surface area (Å²) < 4.78 is 23.6. The van der Waals surface area contributed by atoms with Gasteiger partial charge in [0.25, 0.3) is 0 Å². The van der Waals surface area contributed by atoms with Gasteiger partial charge in [-0.3, -0.25) is 4.79 Å². The number of halogens is 1. The second-order valence-corrected chi connectivity index (χ2v) is 6.02. The maximum Gasteiger partial charge on any atom is 0.310 e. The zero-order chi connectivity index (χ0) is 12.8. The van der Waals surface area contributed by atoms with E-state index in [9.17, 15) is 13.2 Å². The van der Waals surface area contributed by atoms with Crippen LogP contribution >= 0.6 is 11.6 Å². The fourth-order valence-electron chi connectivity index (χ4n) is 1.74. The lowest BCUT2D eigenvalue weighted by Gasteiger charge is -2.08. The summed E-state index contributed by atoms with van der Waals surface area (Å²) in [5.41, 5.74) is 0.655.